The van der Waals surface area contributed by atoms with Crippen LogP contribution in [0, 0.1) is 0 Å². The molecule has 0 aliphatic heterocycles. The predicted molar refractivity (Wildman–Crippen MR) is 76.1 cm³/mol. The number of hydrogen-bond acceptors (Lipinski definition) is 3. The van der Waals surface area contributed by atoms with Gasteiger partial charge in [0.1, 0.15) is 17.4 Å². The molecule has 3 rings (SSSR count). The Labute approximate surface area is 110 Å². The van der Waals surface area contributed by atoms with Crippen LogP contribution >= 0.6 is 11.3 Å². The molecule has 0 bridgehead atoms. The molecule has 18 heavy (non-hydrogen) atoms. The molecule has 0 spiro atoms. The zero-order valence-electron chi connectivity index (χ0n) is 10.2. The van der Waals surface area contributed by atoms with Gasteiger partial charge in [-0.3, -0.25) is 0 Å². The minimum atomic E-state index is 0.155. The lowest BCUT2D eigenvalue weighted by atomic mass is 10.1. The Kier molecular flexibility index (Phi) is 3.17. The normalized spacial score (nSPS) is 12.9. The molecular formula is C15H15NOS. The lowest BCUT2D eigenvalue weighted by molar-refractivity contribution is 0.481. The molecule has 2 nitrogen and oxygen atoms in total. The Morgan fingerprint density at radius 1 is 1.22 bits per heavy atom. The van der Waals surface area contributed by atoms with Crippen LogP contribution in [0.25, 0.3) is 11.0 Å². The van der Waals surface area contributed by atoms with E-state index in [2.05, 4.69) is 41.9 Å². The predicted octanol–water partition coefficient (Wildman–Crippen LogP) is 4.19. The fraction of sp³-hybridized carbons (Fsp3) is 0.200. The Balaban J connectivity index is 2.04. The molecule has 1 N–H and O–H groups in total. The fourth-order valence-electron chi connectivity index (χ4n) is 2.15. The number of furan rings is 1. The van der Waals surface area contributed by atoms with Crippen LogP contribution in [-0.4, -0.2) is 6.54 Å². The van der Waals surface area contributed by atoms with Crippen molar-refractivity contribution in [3.8, 4) is 0 Å². The number of fused-ring (bicyclic) bond motifs is 1. The molecule has 0 radical (unpaired) electrons. The third kappa shape index (κ3) is 2.07. The van der Waals surface area contributed by atoms with Crippen LogP contribution in [0.15, 0.2) is 52.3 Å². The second-order valence-electron chi connectivity index (χ2n) is 4.19. The zero-order valence-corrected chi connectivity index (χ0v) is 11.0. The van der Waals surface area contributed by atoms with Gasteiger partial charge in [-0.2, -0.15) is 0 Å². The van der Waals surface area contributed by atoms with E-state index in [0.29, 0.717) is 0 Å². The molecule has 0 saturated heterocycles. The molecule has 1 atom stereocenters. The van der Waals surface area contributed by atoms with Crippen LogP contribution in [0.1, 0.15) is 23.6 Å². The quantitative estimate of drug-likeness (QED) is 0.758. The van der Waals surface area contributed by atoms with Crippen LogP contribution < -0.4 is 5.32 Å². The van der Waals surface area contributed by atoms with E-state index in [4.69, 9.17) is 4.42 Å². The number of rotatable bonds is 4. The second-order valence-corrected chi connectivity index (χ2v) is 5.17. The Hall–Kier alpha value is -1.58. The first kappa shape index (κ1) is 11.5. The summed E-state index contributed by atoms with van der Waals surface area (Å²) in [4.78, 5) is 1.29. The molecule has 2 aromatic heterocycles. The molecule has 1 aromatic carbocycles. The van der Waals surface area contributed by atoms with Crippen molar-refractivity contribution in [3.05, 3.63) is 58.5 Å². The summed E-state index contributed by atoms with van der Waals surface area (Å²) in [6.45, 7) is 3.03. The first-order chi connectivity index (χ1) is 8.88. The number of hydrogen-bond donors (Lipinski definition) is 1. The van der Waals surface area contributed by atoms with Gasteiger partial charge in [0.25, 0.3) is 0 Å². The van der Waals surface area contributed by atoms with Crippen molar-refractivity contribution >= 4 is 22.3 Å². The van der Waals surface area contributed by atoms with E-state index in [1.165, 1.54) is 4.88 Å². The zero-order chi connectivity index (χ0) is 12.4. The van der Waals surface area contributed by atoms with Crippen LogP contribution in [0.2, 0.25) is 0 Å². The van der Waals surface area contributed by atoms with E-state index in [1.54, 1.807) is 11.3 Å². The van der Waals surface area contributed by atoms with Gasteiger partial charge in [0.05, 0.1) is 0 Å². The highest BCUT2D eigenvalue weighted by atomic mass is 32.1. The molecule has 0 aliphatic carbocycles. The average molecular weight is 257 g/mol. The number of para-hydroxylation sites is 1. The maximum Gasteiger partial charge on any atom is 0.134 e. The summed E-state index contributed by atoms with van der Waals surface area (Å²) < 4.78 is 5.95. The van der Waals surface area contributed by atoms with E-state index in [-0.39, 0.29) is 6.04 Å². The summed E-state index contributed by atoms with van der Waals surface area (Å²) in [5.74, 6) is 0.987. The van der Waals surface area contributed by atoms with Crippen LogP contribution in [0.5, 0.6) is 0 Å². The summed E-state index contributed by atoms with van der Waals surface area (Å²) >= 11 is 1.75. The molecule has 2 heterocycles. The SMILES string of the molecule is CCNC(c1cc2ccccc2o1)c1cccs1. The first-order valence-corrected chi connectivity index (χ1v) is 7.01. The standard InChI is InChI=1S/C15H15NOS/c1-2-16-15(14-8-5-9-18-14)13-10-11-6-3-4-7-12(11)17-13/h3-10,15-16H,2H2,1H3. The average Bonchev–Trinajstić information content (AvgIpc) is 3.04. The lowest BCUT2D eigenvalue weighted by Crippen LogP contribution is -2.20. The molecular weight excluding hydrogens is 242 g/mol. The highest BCUT2D eigenvalue weighted by Gasteiger charge is 2.18. The fourth-order valence-corrected chi connectivity index (χ4v) is 2.95. The van der Waals surface area contributed by atoms with Gasteiger partial charge in [0.2, 0.25) is 0 Å². The number of nitrogens with one attached hydrogen (secondary N) is 1. The lowest BCUT2D eigenvalue weighted by Gasteiger charge is -2.13. The maximum absolute atomic E-state index is 5.95. The van der Waals surface area contributed by atoms with Gasteiger partial charge in [-0.25, -0.2) is 0 Å². The van der Waals surface area contributed by atoms with Crippen molar-refractivity contribution in [3.63, 3.8) is 0 Å². The van der Waals surface area contributed by atoms with Gasteiger partial charge in [-0.05, 0) is 30.1 Å². The van der Waals surface area contributed by atoms with E-state index in [9.17, 15) is 0 Å². The van der Waals surface area contributed by atoms with Gasteiger partial charge in [0, 0.05) is 10.3 Å². The summed E-state index contributed by atoms with van der Waals surface area (Å²) in [6.07, 6.45) is 0. The molecule has 3 heteroatoms. The minimum Gasteiger partial charge on any atom is -0.459 e. The van der Waals surface area contributed by atoms with Crippen molar-refractivity contribution < 1.29 is 4.42 Å². The Morgan fingerprint density at radius 2 is 2.11 bits per heavy atom. The van der Waals surface area contributed by atoms with Gasteiger partial charge in [-0.1, -0.05) is 31.2 Å². The molecule has 92 valence electrons. The Bertz CT molecular complexity index is 594. The topological polar surface area (TPSA) is 25.2 Å². The van der Waals surface area contributed by atoms with Crippen molar-refractivity contribution in [1.82, 2.24) is 5.32 Å². The monoisotopic (exact) mass is 257 g/mol. The molecule has 3 aromatic rings. The highest BCUT2D eigenvalue weighted by molar-refractivity contribution is 7.10. The van der Waals surface area contributed by atoms with Crippen molar-refractivity contribution in [2.24, 2.45) is 0 Å². The maximum atomic E-state index is 5.95. The smallest absolute Gasteiger partial charge is 0.134 e. The molecule has 0 amide bonds. The number of benzene rings is 1. The van der Waals surface area contributed by atoms with E-state index in [1.807, 2.05) is 18.2 Å². The largest absolute Gasteiger partial charge is 0.459 e. The van der Waals surface area contributed by atoms with Gasteiger partial charge in [-0.15, -0.1) is 11.3 Å². The summed E-state index contributed by atoms with van der Waals surface area (Å²) in [5, 5.41) is 6.74. The van der Waals surface area contributed by atoms with E-state index >= 15 is 0 Å². The van der Waals surface area contributed by atoms with E-state index < -0.39 is 0 Å². The second kappa shape index (κ2) is 4.96. The molecule has 1 unspecified atom stereocenters. The third-order valence-corrected chi connectivity index (χ3v) is 3.90. The van der Waals surface area contributed by atoms with Crippen LogP contribution in [-0.2, 0) is 0 Å². The number of thiophene rings is 1. The van der Waals surface area contributed by atoms with Gasteiger partial charge >= 0.3 is 0 Å². The summed E-state index contributed by atoms with van der Waals surface area (Å²) in [5.41, 5.74) is 0.951. The summed E-state index contributed by atoms with van der Waals surface area (Å²) in [7, 11) is 0. The van der Waals surface area contributed by atoms with E-state index in [0.717, 1.165) is 23.3 Å². The molecule has 0 aliphatic rings. The highest BCUT2D eigenvalue weighted by Crippen LogP contribution is 2.30. The van der Waals surface area contributed by atoms with Crippen molar-refractivity contribution in [2.75, 3.05) is 6.54 Å². The van der Waals surface area contributed by atoms with Crippen LogP contribution in [0.3, 0.4) is 0 Å². The third-order valence-electron chi connectivity index (χ3n) is 2.97. The van der Waals surface area contributed by atoms with Crippen LogP contribution in [0.4, 0.5) is 0 Å². The van der Waals surface area contributed by atoms with Crippen molar-refractivity contribution in [2.45, 2.75) is 13.0 Å². The Morgan fingerprint density at radius 3 is 2.83 bits per heavy atom. The molecule has 0 saturated carbocycles. The first-order valence-electron chi connectivity index (χ1n) is 6.13. The van der Waals surface area contributed by atoms with Gasteiger partial charge < -0.3 is 9.73 Å². The molecule has 0 fully saturated rings. The summed E-state index contributed by atoms with van der Waals surface area (Å²) in [6, 6.07) is 14.6. The van der Waals surface area contributed by atoms with Gasteiger partial charge in [0.15, 0.2) is 0 Å². The van der Waals surface area contributed by atoms with Crippen molar-refractivity contribution in [1.29, 1.82) is 0 Å². The minimum absolute atomic E-state index is 0.155.